The third-order valence-electron chi connectivity index (χ3n) is 5.31. The Balaban J connectivity index is 1.81. The first-order valence-corrected chi connectivity index (χ1v) is 11.8. The van der Waals surface area contributed by atoms with E-state index in [4.69, 9.17) is 4.52 Å². The molecule has 0 aliphatic rings. The summed E-state index contributed by atoms with van der Waals surface area (Å²) in [6.45, 7) is 0. The number of likely N-dealkylation sites (N-methyl/N-ethyl adjacent to an activating group) is 1. The van der Waals surface area contributed by atoms with Gasteiger partial charge in [-0.15, -0.1) is 0 Å². The van der Waals surface area contributed by atoms with Gasteiger partial charge in [0.05, 0.1) is 14.2 Å². The van der Waals surface area contributed by atoms with Gasteiger partial charge in [-0.1, -0.05) is 121 Å². The Hall–Kier alpha value is -2.77. The van der Waals surface area contributed by atoms with Crippen LogP contribution >= 0.6 is 8.15 Å². The molecule has 31 heavy (non-hydrogen) atoms. The summed E-state index contributed by atoms with van der Waals surface area (Å²) in [5.74, 6) is 0. The number of benzene rings is 4. The normalized spacial score (nSPS) is 13.3. The van der Waals surface area contributed by atoms with Crippen molar-refractivity contribution in [3.63, 3.8) is 0 Å². The van der Waals surface area contributed by atoms with Gasteiger partial charge in [0.15, 0.2) is 0 Å². The van der Waals surface area contributed by atoms with E-state index >= 15 is 0 Å². The van der Waals surface area contributed by atoms with E-state index in [0.717, 1.165) is 0 Å². The van der Waals surface area contributed by atoms with Crippen LogP contribution in [0, 0.1) is 0 Å². The Morgan fingerprint density at radius 1 is 0.548 bits per heavy atom. The maximum atomic E-state index is 7.11. The molecular weight excluding hydrogens is 397 g/mol. The van der Waals surface area contributed by atoms with Gasteiger partial charge in [0.25, 0.3) is 0 Å². The van der Waals surface area contributed by atoms with Crippen molar-refractivity contribution in [2.75, 3.05) is 14.1 Å². The summed E-state index contributed by atoms with van der Waals surface area (Å²) < 4.78 is 7.11. The molecule has 0 aliphatic carbocycles. The van der Waals surface area contributed by atoms with E-state index < -0.39 is 8.15 Å². The molecule has 0 amide bonds. The van der Waals surface area contributed by atoms with Gasteiger partial charge in [0.1, 0.15) is 6.10 Å². The predicted molar refractivity (Wildman–Crippen MR) is 132 cm³/mol. The highest BCUT2D eigenvalue weighted by molar-refractivity contribution is 7.68. The minimum atomic E-state index is -0.988. The van der Waals surface area contributed by atoms with Crippen molar-refractivity contribution in [2.24, 2.45) is 0 Å². The van der Waals surface area contributed by atoms with E-state index in [0.29, 0.717) is 0 Å². The predicted octanol–water partition coefficient (Wildman–Crippen LogP) is 6.10. The lowest BCUT2D eigenvalue weighted by Gasteiger charge is -2.35. The van der Waals surface area contributed by atoms with Crippen LogP contribution in [0.15, 0.2) is 121 Å². The second kappa shape index (κ2) is 10.5. The number of hydrogen-bond acceptors (Lipinski definition) is 2. The zero-order chi connectivity index (χ0) is 21.5. The molecule has 4 rings (SSSR count). The van der Waals surface area contributed by atoms with Crippen LogP contribution < -0.4 is 10.6 Å². The van der Waals surface area contributed by atoms with E-state index in [-0.39, 0.29) is 12.1 Å². The molecule has 0 aliphatic heterocycles. The molecular formula is C28H28NOP. The number of nitrogens with zero attached hydrogens (tertiary/aromatic N) is 1. The lowest BCUT2D eigenvalue weighted by atomic mass is 9.95. The molecule has 0 radical (unpaired) electrons. The van der Waals surface area contributed by atoms with Crippen molar-refractivity contribution in [1.82, 2.24) is 4.90 Å². The van der Waals surface area contributed by atoms with Crippen LogP contribution in [0.5, 0.6) is 0 Å². The monoisotopic (exact) mass is 425 g/mol. The summed E-state index contributed by atoms with van der Waals surface area (Å²) in [7, 11) is 3.27. The average Bonchev–Trinajstić information content (AvgIpc) is 2.83. The van der Waals surface area contributed by atoms with Crippen LogP contribution in [0.4, 0.5) is 0 Å². The van der Waals surface area contributed by atoms with Gasteiger partial charge in [-0.25, -0.2) is 0 Å². The zero-order valence-corrected chi connectivity index (χ0v) is 18.9. The number of hydrogen-bond donors (Lipinski definition) is 0. The van der Waals surface area contributed by atoms with Crippen molar-refractivity contribution >= 4 is 18.8 Å². The third kappa shape index (κ3) is 5.29. The molecule has 0 spiro atoms. The standard InChI is InChI=1S/C28H28NOP/c1-29(2)27(23-15-7-3-8-16-23)28(24-17-9-4-10-18-24)30-31(25-19-11-5-12-20-25)26-21-13-6-14-22-26/h3-22,27-28H,1-2H3/t27-,28+/m0/s1. The minimum absolute atomic E-state index is 0.0843. The summed E-state index contributed by atoms with van der Waals surface area (Å²) in [6.07, 6.45) is -0.120. The van der Waals surface area contributed by atoms with Crippen molar-refractivity contribution in [3.8, 4) is 0 Å². The van der Waals surface area contributed by atoms with Crippen molar-refractivity contribution in [2.45, 2.75) is 12.1 Å². The first-order valence-electron chi connectivity index (χ1n) is 10.6. The van der Waals surface area contributed by atoms with Gasteiger partial charge >= 0.3 is 0 Å². The maximum absolute atomic E-state index is 7.11. The third-order valence-corrected chi connectivity index (χ3v) is 7.28. The maximum Gasteiger partial charge on any atom is 0.107 e. The fourth-order valence-corrected chi connectivity index (χ4v) is 5.74. The van der Waals surface area contributed by atoms with Gasteiger partial charge in [0, 0.05) is 10.6 Å². The minimum Gasteiger partial charge on any atom is -0.340 e. The van der Waals surface area contributed by atoms with Gasteiger partial charge < -0.3 is 4.52 Å². The molecule has 3 heteroatoms. The van der Waals surface area contributed by atoms with Crippen molar-refractivity contribution < 1.29 is 4.52 Å². The molecule has 0 N–H and O–H groups in total. The summed E-state index contributed by atoms with van der Waals surface area (Å²) in [6, 6.07) is 42.5. The van der Waals surface area contributed by atoms with E-state index in [1.807, 2.05) is 0 Å². The Kier molecular flexibility index (Phi) is 7.27. The van der Waals surface area contributed by atoms with Crippen LogP contribution in [0.25, 0.3) is 0 Å². The van der Waals surface area contributed by atoms with Crippen LogP contribution in [-0.4, -0.2) is 19.0 Å². The first kappa shape index (κ1) is 21.5. The molecule has 4 aromatic carbocycles. The average molecular weight is 426 g/mol. The van der Waals surface area contributed by atoms with Crippen LogP contribution in [0.2, 0.25) is 0 Å². The van der Waals surface area contributed by atoms with Gasteiger partial charge in [-0.05, 0) is 25.2 Å². The second-order valence-corrected chi connectivity index (χ2v) is 9.55. The smallest absolute Gasteiger partial charge is 0.107 e. The summed E-state index contributed by atoms with van der Waals surface area (Å²) in [4.78, 5) is 2.26. The van der Waals surface area contributed by atoms with Crippen molar-refractivity contribution in [3.05, 3.63) is 132 Å². The summed E-state index contributed by atoms with van der Waals surface area (Å²) >= 11 is 0. The van der Waals surface area contributed by atoms with Crippen LogP contribution in [0.3, 0.4) is 0 Å². The SMILES string of the molecule is CN(C)[C@@H](c1ccccc1)[C@H](OP(c1ccccc1)c1ccccc1)c1ccccc1. The zero-order valence-electron chi connectivity index (χ0n) is 18.0. The highest BCUT2D eigenvalue weighted by atomic mass is 31.1. The largest absolute Gasteiger partial charge is 0.340 e. The van der Waals surface area contributed by atoms with Gasteiger partial charge in [-0.2, -0.15) is 0 Å². The second-order valence-electron chi connectivity index (χ2n) is 7.72. The van der Waals surface area contributed by atoms with Crippen LogP contribution in [0.1, 0.15) is 23.3 Å². The molecule has 0 unspecified atom stereocenters. The topological polar surface area (TPSA) is 12.5 Å². The summed E-state index contributed by atoms with van der Waals surface area (Å²) in [5.41, 5.74) is 2.43. The molecule has 2 atom stereocenters. The Morgan fingerprint density at radius 2 is 0.935 bits per heavy atom. The Bertz CT molecular complexity index is 1000. The Morgan fingerprint density at radius 3 is 1.35 bits per heavy atom. The molecule has 156 valence electrons. The van der Waals surface area contributed by atoms with Gasteiger partial charge in [0.2, 0.25) is 0 Å². The van der Waals surface area contributed by atoms with E-state index in [2.05, 4.69) is 140 Å². The molecule has 0 saturated carbocycles. The van der Waals surface area contributed by atoms with Crippen LogP contribution in [-0.2, 0) is 4.52 Å². The van der Waals surface area contributed by atoms with E-state index in [1.165, 1.54) is 21.7 Å². The molecule has 0 bridgehead atoms. The fourth-order valence-electron chi connectivity index (χ4n) is 3.85. The lowest BCUT2D eigenvalue weighted by Crippen LogP contribution is -2.29. The van der Waals surface area contributed by atoms with Crippen molar-refractivity contribution in [1.29, 1.82) is 0 Å². The quantitative estimate of drug-likeness (QED) is 0.317. The highest BCUT2D eigenvalue weighted by Gasteiger charge is 2.31. The van der Waals surface area contributed by atoms with E-state index in [1.54, 1.807) is 0 Å². The molecule has 0 fully saturated rings. The molecule has 0 aromatic heterocycles. The fraction of sp³-hybridized carbons (Fsp3) is 0.143. The lowest BCUT2D eigenvalue weighted by molar-refractivity contribution is 0.111. The summed E-state index contributed by atoms with van der Waals surface area (Å²) in [5, 5.41) is 2.44. The molecule has 2 nitrogen and oxygen atoms in total. The molecule has 0 heterocycles. The van der Waals surface area contributed by atoms with E-state index in [9.17, 15) is 0 Å². The highest BCUT2D eigenvalue weighted by Crippen LogP contribution is 2.46. The number of rotatable bonds is 8. The Labute approximate surface area is 187 Å². The molecule has 0 saturated heterocycles. The van der Waals surface area contributed by atoms with Gasteiger partial charge in [-0.3, -0.25) is 4.90 Å². The molecule has 4 aromatic rings. The first-order chi connectivity index (χ1) is 15.2.